The summed E-state index contributed by atoms with van der Waals surface area (Å²) in [5.74, 6) is -0.142. The van der Waals surface area contributed by atoms with Gasteiger partial charge in [0.25, 0.3) is 0 Å². The Bertz CT molecular complexity index is 504. The van der Waals surface area contributed by atoms with Crippen molar-refractivity contribution in [3.05, 3.63) is 34.1 Å². The first-order chi connectivity index (χ1) is 10.1. The fraction of sp³-hybridized carbons (Fsp3) is 0.533. The van der Waals surface area contributed by atoms with Crippen LogP contribution in [0.15, 0.2) is 22.7 Å². The number of nitrogens with two attached hydrogens (primary N) is 1. The van der Waals surface area contributed by atoms with Gasteiger partial charge in [-0.25, -0.2) is 4.39 Å². The van der Waals surface area contributed by atoms with Crippen LogP contribution in [0.2, 0.25) is 0 Å². The van der Waals surface area contributed by atoms with Crippen LogP contribution in [-0.4, -0.2) is 37.0 Å². The van der Waals surface area contributed by atoms with Crippen LogP contribution in [0.25, 0.3) is 0 Å². The van der Waals surface area contributed by atoms with E-state index in [-0.39, 0.29) is 30.0 Å². The van der Waals surface area contributed by atoms with Crippen LogP contribution in [0.5, 0.6) is 0 Å². The van der Waals surface area contributed by atoms with Gasteiger partial charge in [-0.2, -0.15) is 0 Å². The Balaban J connectivity index is 0.00000242. The molecule has 1 amide bonds. The second-order valence-electron chi connectivity index (χ2n) is 5.39. The fourth-order valence-corrected chi connectivity index (χ4v) is 3.12. The van der Waals surface area contributed by atoms with Crippen molar-refractivity contribution in [1.29, 1.82) is 0 Å². The number of amides is 1. The maximum Gasteiger partial charge on any atom is 0.224 e. The number of halogens is 3. The number of carbonyl (C=O) groups is 1. The summed E-state index contributed by atoms with van der Waals surface area (Å²) in [4.78, 5) is 14.3. The molecule has 1 aromatic rings. The normalized spacial score (nSPS) is 18.6. The van der Waals surface area contributed by atoms with Gasteiger partial charge in [-0.15, -0.1) is 12.4 Å². The van der Waals surface area contributed by atoms with Gasteiger partial charge in [0.1, 0.15) is 5.82 Å². The van der Waals surface area contributed by atoms with Gasteiger partial charge in [0.2, 0.25) is 5.91 Å². The highest BCUT2D eigenvalue weighted by Gasteiger charge is 2.25. The van der Waals surface area contributed by atoms with Crippen molar-refractivity contribution in [2.75, 3.05) is 26.2 Å². The molecule has 2 rings (SSSR count). The monoisotopic (exact) mass is 393 g/mol. The van der Waals surface area contributed by atoms with E-state index < -0.39 is 0 Å². The van der Waals surface area contributed by atoms with E-state index in [2.05, 4.69) is 26.1 Å². The zero-order valence-corrected chi connectivity index (χ0v) is 14.8. The Labute approximate surface area is 145 Å². The topological polar surface area (TPSA) is 58.4 Å². The van der Waals surface area contributed by atoms with E-state index in [1.54, 1.807) is 6.07 Å². The minimum atomic E-state index is -0.247. The number of piperidine rings is 1. The smallest absolute Gasteiger partial charge is 0.224 e. The molecule has 1 heterocycles. The highest BCUT2D eigenvalue weighted by Crippen LogP contribution is 2.23. The Kier molecular flexibility index (Phi) is 8.31. The molecule has 22 heavy (non-hydrogen) atoms. The van der Waals surface area contributed by atoms with E-state index in [9.17, 15) is 9.18 Å². The molecule has 0 saturated carbocycles. The van der Waals surface area contributed by atoms with Gasteiger partial charge in [0.15, 0.2) is 0 Å². The first kappa shape index (κ1) is 19.4. The third-order valence-electron chi connectivity index (χ3n) is 3.73. The third-order valence-corrected chi connectivity index (χ3v) is 4.47. The number of likely N-dealkylation sites (tertiary alicyclic amines) is 1. The number of nitrogens with one attached hydrogen (secondary N) is 1. The molecule has 0 radical (unpaired) electrons. The van der Waals surface area contributed by atoms with E-state index in [1.807, 2.05) is 0 Å². The molecule has 1 aliphatic heterocycles. The third kappa shape index (κ3) is 5.50. The van der Waals surface area contributed by atoms with Crippen molar-refractivity contribution in [3.8, 4) is 0 Å². The molecule has 1 aliphatic rings. The molecule has 124 valence electrons. The highest BCUT2D eigenvalue weighted by molar-refractivity contribution is 9.10. The summed E-state index contributed by atoms with van der Waals surface area (Å²) in [7, 11) is 0. The Morgan fingerprint density at radius 3 is 2.95 bits per heavy atom. The molecule has 7 heteroatoms. The maximum atomic E-state index is 13.1. The van der Waals surface area contributed by atoms with Gasteiger partial charge in [0.05, 0.1) is 5.92 Å². The van der Waals surface area contributed by atoms with Gasteiger partial charge >= 0.3 is 0 Å². The molecule has 1 unspecified atom stereocenters. The Hall–Kier alpha value is -0.690. The Morgan fingerprint density at radius 1 is 1.50 bits per heavy atom. The average Bonchev–Trinajstić information content (AvgIpc) is 2.48. The minimum absolute atomic E-state index is 0. The van der Waals surface area contributed by atoms with Crippen LogP contribution in [0.4, 0.5) is 4.39 Å². The minimum Gasteiger partial charge on any atom is -0.355 e. The number of hydrogen-bond acceptors (Lipinski definition) is 3. The van der Waals surface area contributed by atoms with Gasteiger partial charge in [-0.1, -0.05) is 22.0 Å². The molecule has 3 N–H and O–H groups in total. The second-order valence-corrected chi connectivity index (χ2v) is 6.24. The summed E-state index contributed by atoms with van der Waals surface area (Å²) >= 11 is 3.39. The van der Waals surface area contributed by atoms with Crippen molar-refractivity contribution in [2.24, 2.45) is 11.7 Å². The van der Waals surface area contributed by atoms with E-state index in [0.717, 1.165) is 42.5 Å². The summed E-state index contributed by atoms with van der Waals surface area (Å²) in [6.45, 7) is 3.41. The molecule has 1 fully saturated rings. The summed E-state index contributed by atoms with van der Waals surface area (Å²) < 4.78 is 13.9. The highest BCUT2D eigenvalue weighted by atomic mass is 79.9. The number of hydrogen-bond donors (Lipinski definition) is 2. The molecule has 0 aliphatic carbocycles. The van der Waals surface area contributed by atoms with Gasteiger partial charge in [-0.3, -0.25) is 9.69 Å². The first-order valence-corrected chi connectivity index (χ1v) is 8.03. The molecule has 1 aromatic carbocycles. The van der Waals surface area contributed by atoms with Crippen LogP contribution in [0.3, 0.4) is 0 Å². The summed E-state index contributed by atoms with van der Waals surface area (Å²) in [6.07, 6.45) is 1.91. The standard InChI is InChI=1S/C15H21BrFN3O.ClH/c16-14-8-13(17)4-3-11(14)9-20-7-1-2-12(10-20)15(21)19-6-5-18;/h3-4,8,12H,1-2,5-7,9-10,18H2,(H,19,21);1H. The van der Waals surface area contributed by atoms with Crippen LogP contribution < -0.4 is 11.1 Å². The summed E-state index contributed by atoms with van der Waals surface area (Å²) in [5.41, 5.74) is 6.44. The largest absolute Gasteiger partial charge is 0.355 e. The molecule has 0 bridgehead atoms. The lowest BCUT2D eigenvalue weighted by Crippen LogP contribution is -2.43. The molecule has 4 nitrogen and oxygen atoms in total. The second kappa shape index (κ2) is 9.45. The van der Waals surface area contributed by atoms with Crippen molar-refractivity contribution < 1.29 is 9.18 Å². The average molecular weight is 395 g/mol. The first-order valence-electron chi connectivity index (χ1n) is 7.24. The molecule has 0 aromatic heterocycles. The predicted molar refractivity (Wildman–Crippen MR) is 91.4 cm³/mol. The molecular weight excluding hydrogens is 373 g/mol. The number of carbonyl (C=O) groups excluding carboxylic acids is 1. The van der Waals surface area contributed by atoms with Crippen molar-refractivity contribution >= 4 is 34.2 Å². The lowest BCUT2D eigenvalue weighted by molar-refractivity contribution is -0.126. The molecular formula is C15H22BrClFN3O. The Morgan fingerprint density at radius 2 is 2.27 bits per heavy atom. The van der Waals surface area contributed by atoms with Crippen molar-refractivity contribution in [1.82, 2.24) is 10.2 Å². The van der Waals surface area contributed by atoms with Gasteiger partial charge in [-0.05, 0) is 37.1 Å². The van der Waals surface area contributed by atoms with E-state index in [4.69, 9.17) is 5.73 Å². The zero-order chi connectivity index (χ0) is 15.2. The van der Waals surface area contributed by atoms with E-state index >= 15 is 0 Å². The van der Waals surface area contributed by atoms with Crippen LogP contribution >= 0.6 is 28.3 Å². The molecule has 1 atom stereocenters. The lowest BCUT2D eigenvalue weighted by atomic mass is 9.96. The number of benzene rings is 1. The van der Waals surface area contributed by atoms with Crippen molar-refractivity contribution in [2.45, 2.75) is 19.4 Å². The van der Waals surface area contributed by atoms with Gasteiger partial charge < -0.3 is 11.1 Å². The SMILES string of the molecule is Cl.NCCNC(=O)C1CCCN(Cc2ccc(F)cc2Br)C1. The number of nitrogens with zero attached hydrogens (tertiary/aromatic N) is 1. The van der Waals surface area contributed by atoms with Crippen molar-refractivity contribution in [3.63, 3.8) is 0 Å². The molecule has 1 saturated heterocycles. The van der Waals surface area contributed by atoms with Crippen LogP contribution in [0, 0.1) is 11.7 Å². The number of rotatable bonds is 5. The predicted octanol–water partition coefficient (Wildman–Crippen LogP) is 2.30. The molecule has 0 spiro atoms. The van der Waals surface area contributed by atoms with Crippen LogP contribution in [-0.2, 0) is 11.3 Å². The maximum absolute atomic E-state index is 13.1. The van der Waals surface area contributed by atoms with E-state index in [1.165, 1.54) is 12.1 Å². The summed E-state index contributed by atoms with van der Waals surface area (Å²) in [6, 6.07) is 4.73. The van der Waals surface area contributed by atoms with Crippen LogP contribution in [0.1, 0.15) is 18.4 Å². The fourth-order valence-electron chi connectivity index (χ4n) is 2.64. The zero-order valence-electron chi connectivity index (χ0n) is 12.4. The quantitative estimate of drug-likeness (QED) is 0.805. The summed E-state index contributed by atoms with van der Waals surface area (Å²) in [5, 5.41) is 2.86. The van der Waals surface area contributed by atoms with Gasteiger partial charge in [0, 0.05) is 30.7 Å². The van der Waals surface area contributed by atoms with E-state index in [0.29, 0.717) is 13.1 Å². The lowest BCUT2D eigenvalue weighted by Gasteiger charge is -2.32.